The lowest BCUT2D eigenvalue weighted by molar-refractivity contribution is -0.140. The van der Waals surface area contributed by atoms with Crippen LogP contribution in [0.3, 0.4) is 0 Å². The van der Waals surface area contributed by atoms with Crippen LogP contribution in [0.1, 0.15) is 34.1 Å². The molecule has 1 aliphatic heterocycles. The summed E-state index contributed by atoms with van der Waals surface area (Å²) >= 11 is 0. The predicted molar refractivity (Wildman–Crippen MR) is 122 cm³/mol. The van der Waals surface area contributed by atoms with Gasteiger partial charge in [0.1, 0.15) is 23.0 Å². The second-order valence-electron chi connectivity index (χ2n) is 7.91. The Labute approximate surface area is 191 Å². The first kappa shape index (κ1) is 22.2. The molecule has 1 unspecified atom stereocenters. The minimum absolute atomic E-state index is 0.0284. The second-order valence-corrected chi connectivity index (χ2v) is 7.91. The van der Waals surface area contributed by atoms with Crippen molar-refractivity contribution in [2.24, 2.45) is 0 Å². The van der Waals surface area contributed by atoms with Crippen molar-refractivity contribution in [3.05, 3.63) is 88.4 Å². The average molecular weight is 447 g/mol. The fourth-order valence-corrected chi connectivity index (χ4v) is 4.38. The molecule has 0 spiro atoms. The number of ether oxygens (including phenoxy) is 2. The van der Waals surface area contributed by atoms with E-state index >= 15 is 0 Å². The van der Waals surface area contributed by atoms with E-state index in [-0.39, 0.29) is 17.9 Å². The number of Topliss-reactive ketones (excluding diaryl/α,β-unsaturated/α-hetero) is 1. The maximum Gasteiger partial charge on any atom is 0.296 e. The molecule has 0 radical (unpaired) electrons. The highest BCUT2D eigenvalue weighted by Gasteiger charge is 2.47. The van der Waals surface area contributed by atoms with Crippen LogP contribution in [0.25, 0.3) is 5.76 Å². The van der Waals surface area contributed by atoms with Crippen molar-refractivity contribution in [1.29, 1.82) is 0 Å². The number of likely N-dealkylation sites (tertiary alicyclic amines) is 1. The van der Waals surface area contributed by atoms with Gasteiger partial charge in [0.25, 0.3) is 11.7 Å². The van der Waals surface area contributed by atoms with E-state index in [0.717, 1.165) is 11.1 Å². The number of aliphatic hydroxyl groups is 1. The number of hydrogen-bond donors (Lipinski definition) is 1. The third-order valence-corrected chi connectivity index (χ3v) is 5.76. The molecule has 0 aliphatic carbocycles. The maximum atomic E-state index is 13.3. The van der Waals surface area contributed by atoms with E-state index in [0.29, 0.717) is 28.4 Å². The Morgan fingerprint density at radius 3 is 2.48 bits per heavy atom. The molecule has 1 aromatic heterocycles. The Morgan fingerprint density at radius 2 is 1.82 bits per heavy atom. The van der Waals surface area contributed by atoms with Crippen molar-refractivity contribution in [2.75, 3.05) is 14.2 Å². The highest BCUT2D eigenvalue weighted by Crippen LogP contribution is 2.44. The molecule has 7 nitrogen and oxygen atoms in total. The zero-order valence-electron chi connectivity index (χ0n) is 18.9. The van der Waals surface area contributed by atoms with Crippen LogP contribution >= 0.6 is 0 Å². The lowest BCUT2D eigenvalue weighted by Crippen LogP contribution is -2.29. The number of rotatable bonds is 6. The molecule has 2 heterocycles. The molecule has 0 saturated carbocycles. The van der Waals surface area contributed by atoms with Crippen LogP contribution in [0.2, 0.25) is 0 Å². The van der Waals surface area contributed by atoms with Gasteiger partial charge in [0.05, 0.1) is 44.2 Å². The summed E-state index contributed by atoms with van der Waals surface area (Å²) < 4.78 is 16.5. The number of carbonyl (C=O) groups is 2. The molecule has 4 rings (SSSR count). The molecule has 1 atom stereocenters. The van der Waals surface area contributed by atoms with Gasteiger partial charge in [0.2, 0.25) is 0 Å². The van der Waals surface area contributed by atoms with Crippen LogP contribution in [0, 0.1) is 13.8 Å². The highest BCUT2D eigenvalue weighted by atomic mass is 16.5. The number of carbonyl (C=O) groups excluding carboxylic acids is 2. The average Bonchev–Trinajstić information content (AvgIpc) is 3.40. The topological polar surface area (TPSA) is 89.2 Å². The van der Waals surface area contributed by atoms with Crippen molar-refractivity contribution in [3.63, 3.8) is 0 Å². The fraction of sp³-hybridized carbons (Fsp3) is 0.231. The van der Waals surface area contributed by atoms with Crippen LogP contribution in [0.5, 0.6) is 11.5 Å². The molecule has 1 fully saturated rings. The quantitative estimate of drug-likeness (QED) is 0.339. The van der Waals surface area contributed by atoms with E-state index in [1.165, 1.54) is 25.4 Å². The number of para-hydroxylation sites is 1. The van der Waals surface area contributed by atoms with Gasteiger partial charge in [0, 0.05) is 5.56 Å². The summed E-state index contributed by atoms with van der Waals surface area (Å²) in [6.07, 6.45) is 1.50. The van der Waals surface area contributed by atoms with Crippen molar-refractivity contribution < 1.29 is 28.6 Å². The van der Waals surface area contributed by atoms with Gasteiger partial charge in [-0.25, -0.2) is 0 Å². The number of benzene rings is 2. The van der Waals surface area contributed by atoms with Crippen molar-refractivity contribution in [3.8, 4) is 11.5 Å². The summed E-state index contributed by atoms with van der Waals surface area (Å²) in [6.45, 7) is 3.80. The van der Waals surface area contributed by atoms with Crippen molar-refractivity contribution >= 4 is 17.4 Å². The van der Waals surface area contributed by atoms with Gasteiger partial charge >= 0.3 is 0 Å². The molecule has 7 heteroatoms. The first-order valence-corrected chi connectivity index (χ1v) is 10.5. The first-order valence-electron chi connectivity index (χ1n) is 10.5. The van der Waals surface area contributed by atoms with Gasteiger partial charge in [-0.1, -0.05) is 24.3 Å². The summed E-state index contributed by atoms with van der Waals surface area (Å²) in [5.74, 6) is -0.361. The van der Waals surface area contributed by atoms with E-state index in [1.807, 2.05) is 19.9 Å². The molecule has 1 aliphatic rings. The van der Waals surface area contributed by atoms with Crippen LogP contribution < -0.4 is 9.47 Å². The van der Waals surface area contributed by atoms with Crippen molar-refractivity contribution in [1.82, 2.24) is 4.90 Å². The lowest BCUT2D eigenvalue weighted by Gasteiger charge is -2.26. The molecule has 3 aromatic rings. The predicted octanol–water partition coefficient (Wildman–Crippen LogP) is 4.54. The number of aryl methyl sites for hydroxylation is 2. The first-order chi connectivity index (χ1) is 15.9. The maximum absolute atomic E-state index is 13.3. The number of ketones is 1. The van der Waals surface area contributed by atoms with Gasteiger partial charge in [0.15, 0.2) is 0 Å². The van der Waals surface area contributed by atoms with Gasteiger partial charge in [-0.2, -0.15) is 0 Å². The van der Waals surface area contributed by atoms with Crippen molar-refractivity contribution in [2.45, 2.75) is 26.4 Å². The SMILES string of the molecule is COc1ccccc1C1/C(=C(\O)c2cc(C)cc(C)c2OC)C(=O)C(=O)N1Cc1ccco1. The summed E-state index contributed by atoms with van der Waals surface area (Å²) in [5, 5.41) is 11.4. The smallest absolute Gasteiger partial charge is 0.296 e. The third kappa shape index (κ3) is 3.86. The summed E-state index contributed by atoms with van der Waals surface area (Å²) in [5.41, 5.74) is 2.59. The third-order valence-electron chi connectivity index (χ3n) is 5.76. The standard InChI is InChI=1S/C26H25NO6/c1-15-12-16(2)25(32-4)19(13-15)23(28)21-22(18-9-5-6-10-20(18)31-3)27(26(30)24(21)29)14-17-8-7-11-33-17/h5-13,22,28H,14H2,1-4H3/b23-21+. The van der Waals surface area contributed by atoms with Gasteiger partial charge in [-0.05, 0) is 49.2 Å². The molecule has 33 heavy (non-hydrogen) atoms. The van der Waals surface area contributed by atoms with Gasteiger partial charge in [-0.3, -0.25) is 9.59 Å². The molecular formula is C26H25NO6. The minimum atomic E-state index is -0.878. The van der Waals surface area contributed by atoms with Crippen LogP contribution in [-0.2, 0) is 16.1 Å². The van der Waals surface area contributed by atoms with Gasteiger partial charge < -0.3 is 23.9 Å². The Morgan fingerprint density at radius 1 is 1.06 bits per heavy atom. The van der Waals surface area contributed by atoms with E-state index in [1.54, 1.807) is 42.5 Å². The normalized spacial score (nSPS) is 17.5. The van der Waals surface area contributed by atoms with E-state index in [2.05, 4.69) is 0 Å². The molecule has 1 N–H and O–H groups in total. The monoisotopic (exact) mass is 447 g/mol. The number of nitrogens with zero attached hydrogens (tertiary/aromatic N) is 1. The van der Waals surface area contributed by atoms with Crippen LogP contribution in [0.15, 0.2) is 64.8 Å². The Kier molecular flexibility index (Phi) is 5.96. The van der Waals surface area contributed by atoms with E-state index in [9.17, 15) is 14.7 Å². The molecule has 170 valence electrons. The zero-order valence-corrected chi connectivity index (χ0v) is 18.9. The number of hydrogen-bond acceptors (Lipinski definition) is 6. The summed E-state index contributed by atoms with van der Waals surface area (Å²) in [6, 6.07) is 13.3. The Hall–Kier alpha value is -4.00. The van der Waals surface area contributed by atoms with Gasteiger partial charge in [-0.15, -0.1) is 0 Å². The van der Waals surface area contributed by atoms with Crippen LogP contribution in [-0.4, -0.2) is 35.9 Å². The zero-order chi connectivity index (χ0) is 23.7. The largest absolute Gasteiger partial charge is 0.507 e. The number of methoxy groups -OCH3 is 2. The Balaban J connectivity index is 1.97. The fourth-order valence-electron chi connectivity index (χ4n) is 4.38. The molecular weight excluding hydrogens is 422 g/mol. The minimum Gasteiger partial charge on any atom is -0.507 e. The highest BCUT2D eigenvalue weighted by molar-refractivity contribution is 6.46. The summed E-state index contributed by atoms with van der Waals surface area (Å²) in [7, 11) is 3.02. The molecule has 2 aromatic carbocycles. The molecule has 0 bridgehead atoms. The number of furan rings is 1. The Bertz CT molecular complexity index is 1240. The summed E-state index contributed by atoms with van der Waals surface area (Å²) in [4.78, 5) is 27.8. The lowest BCUT2D eigenvalue weighted by atomic mass is 9.93. The molecule has 1 saturated heterocycles. The van der Waals surface area contributed by atoms with Crippen LogP contribution in [0.4, 0.5) is 0 Å². The number of amides is 1. The van der Waals surface area contributed by atoms with E-state index < -0.39 is 17.7 Å². The molecule has 1 amide bonds. The van der Waals surface area contributed by atoms with E-state index in [4.69, 9.17) is 13.9 Å². The second kappa shape index (κ2) is 8.86. The number of aliphatic hydroxyl groups excluding tert-OH is 1.